The van der Waals surface area contributed by atoms with Gasteiger partial charge in [-0.15, -0.1) is 0 Å². The fourth-order valence-electron chi connectivity index (χ4n) is 7.99. The van der Waals surface area contributed by atoms with Crippen LogP contribution in [0.1, 0.15) is 251 Å². The van der Waals surface area contributed by atoms with Gasteiger partial charge < -0.3 is 27.9 Å². The molecule has 0 aliphatic heterocycles. The fraction of sp³-hybridized carbons (Fsp3) is 0.814. The van der Waals surface area contributed by atoms with Gasteiger partial charge in [0, 0.05) is 13.0 Å². The second-order valence-corrected chi connectivity index (χ2v) is 21.7. The quantitative estimate of drug-likeness (QED) is 0.0197. The van der Waals surface area contributed by atoms with E-state index in [1.807, 2.05) is 21.1 Å². The zero-order chi connectivity index (χ0) is 49.8. The number of allylic oxidation sites excluding steroid dienone is 10. The van der Waals surface area contributed by atoms with E-state index in [0.29, 0.717) is 24.1 Å². The third kappa shape index (κ3) is 55.1. The van der Waals surface area contributed by atoms with Crippen LogP contribution in [0.25, 0.3) is 0 Å². The molecule has 0 aliphatic rings. The summed E-state index contributed by atoms with van der Waals surface area (Å²) in [4.78, 5) is 25.2. The van der Waals surface area contributed by atoms with Crippen molar-refractivity contribution in [1.82, 2.24) is 0 Å². The number of nitrogens with zero attached hydrogens (tertiary/aromatic N) is 1. The van der Waals surface area contributed by atoms with Gasteiger partial charge in [-0.3, -0.25) is 9.36 Å². The first-order chi connectivity index (χ1) is 33.1. The summed E-state index contributed by atoms with van der Waals surface area (Å²) < 4.78 is 34.8. The molecule has 0 radical (unpaired) electrons. The van der Waals surface area contributed by atoms with Gasteiger partial charge in [0.25, 0.3) is 7.82 Å². The molecular formula is C59H110NO7P. The summed E-state index contributed by atoms with van der Waals surface area (Å²) >= 11 is 0. The van der Waals surface area contributed by atoms with Crippen LogP contribution < -0.4 is 4.89 Å². The van der Waals surface area contributed by atoms with Gasteiger partial charge in [0.15, 0.2) is 0 Å². The molecule has 2 unspecified atom stereocenters. The molecule has 0 amide bonds. The predicted octanol–water partition coefficient (Wildman–Crippen LogP) is 17.4. The van der Waals surface area contributed by atoms with Crippen molar-refractivity contribution in [2.24, 2.45) is 0 Å². The number of phosphoric ester groups is 1. The Balaban J connectivity index is 4.09. The minimum Gasteiger partial charge on any atom is -0.756 e. The SMILES string of the molecule is CC/C=C\C/C=C\C/C=C\C/C=C\C/C=C\CCCCCCCC(=O)OC(COCCCCCCCCCCCCCCCCCCCCCCCCCCC)COP(=O)([O-])OCC[N+](C)(C)C. The van der Waals surface area contributed by atoms with Crippen LogP contribution in [-0.4, -0.2) is 70.7 Å². The number of esters is 1. The van der Waals surface area contributed by atoms with Crippen LogP contribution in [0, 0.1) is 0 Å². The van der Waals surface area contributed by atoms with Crippen molar-refractivity contribution < 1.29 is 37.3 Å². The zero-order valence-corrected chi connectivity index (χ0v) is 46.2. The maximum Gasteiger partial charge on any atom is 0.306 e. The zero-order valence-electron chi connectivity index (χ0n) is 45.3. The molecule has 8 nitrogen and oxygen atoms in total. The van der Waals surface area contributed by atoms with E-state index in [1.165, 1.54) is 148 Å². The Bertz CT molecular complexity index is 1270. The standard InChI is InChI=1S/C59H110NO7P/c1-6-8-10-12-14-16-18-20-22-24-26-28-29-30-31-33-35-37-39-41-43-45-47-49-51-54-64-56-58(57-66-68(62,63)65-55-53-60(3,4)5)67-59(61)52-50-48-46-44-42-40-38-36-34-32-27-25-23-21-19-17-15-13-11-9-7-2/h9,11,15,17,21,23,27,32,36,38,58H,6-8,10,12-14,16,18-20,22,24-26,28-31,33-35,37,39-57H2,1-5H3/b11-9-,17-15-,23-21-,32-27-,38-36-. The Kier molecular flexibility index (Phi) is 50.2. The normalized spacial score (nSPS) is 13.9. The van der Waals surface area contributed by atoms with Gasteiger partial charge in [0.1, 0.15) is 19.3 Å². The molecule has 0 heterocycles. The number of hydrogen-bond acceptors (Lipinski definition) is 7. The lowest BCUT2D eigenvalue weighted by molar-refractivity contribution is -0.870. The predicted molar refractivity (Wildman–Crippen MR) is 291 cm³/mol. The molecule has 9 heteroatoms. The minimum absolute atomic E-state index is 0.0210. The largest absolute Gasteiger partial charge is 0.756 e. The summed E-state index contributed by atoms with van der Waals surface area (Å²) in [6.45, 7) is 5.31. The maximum absolute atomic E-state index is 12.8. The van der Waals surface area contributed by atoms with Gasteiger partial charge in [-0.1, -0.05) is 248 Å². The Morgan fingerprint density at radius 3 is 1.28 bits per heavy atom. The monoisotopic (exact) mass is 976 g/mol. The molecule has 0 aromatic heterocycles. The number of likely N-dealkylation sites (N-methyl/N-ethyl adjacent to an activating group) is 1. The summed E-state index contributed by atoms with van der Waals surface area (Å²) in [5, 5.41) is 0. The number of ether oxygens (including phenoxy) is 2. The van der Waals surface area contributed by atoms with Crippen LogP contribution >= 0.6 is 7.82 Å². The van der Waals surface area contributed by atoms with E-state index >= 15 is 0 Å². The lowest BCUT2D eigenvalue weighted by Gasteiger charge is -2.28. The van der Waals surface area contributed by atoms with Gasteiger partial charge in [0.2, 0.25) is 0 Å². The molecule has 0 aromatic carbocycles. The molecule has 0 aromatic rings. The number of unbranched alkanes of at least 4 members (excludes halogenated alkanes) is 29. The van der Waals surface area contributed by atoms with Gasteiger partial charge in [-0.25, -0.2) is 0 Å². The van der Waals surface area contributed by atoms with Crippen LogP contribution in [0.5, 0.6) is 0 Å². The third-order valence-electron chi connectivity index (χ3n) is 12.3. The van der Waals surface area contributed by atoms with Crippen LogP contribution in [0.4, 0.5) is 0 Å². The van der Waals surface area contributed by atoms with E-state index in [2.05, 4.69) is 74.6 Å². The molecule has 0 saturated heterocycles. The lowest BCUT2D eigenvalue weighted by atomic mass is 10.0. The highest BCUT2D eigenvalue weighted by Crippen LogP contribution is 2.38. The highest BCUT2D eigenvalue weighted by atomic mass is 31.2. The highest BCUT2D eigenvalue weighted by Gasteiger charge is 2.20. The van der Waals surface area contributed by atoms with Crippen LogP contribution in [0.15, 0.2) is 60.8 Å². The molecule has 0 saturated carbocycles. The Morgan fingerprint density at radius 1 is 0.471 bits per heavy atom. The van der Waals surface area contributed by atoms with Crippen LogP contribution in [0.3, 0.4) is 0 Å². The molecule has 0 N–H and O–H groups in total. The Hall–Kier alpha value is -1.80. The van der Waals surface area contributed by atoms with Crippen molar-refractivity contribution in [3.8, 4) is 0 Å². The molecule has 0 rings (SSSR count). The summed E-state index contributed by atoms with van der Waals surface area (Å²) in [5.74, 6) is -0.349. The molecule has 398 valence electrons. The number of hydrogen-bond donors (Lipinski definition) is 0. The average molecular weight is 977 g/mol. The molecule has 0 spiro atoms. The number of rotatable bonds is 53. The van der Waals surface area contributed by atoms with Gasteiger partial charge in [0.05, 0.1) is 34.4 Å². The molecule has 0 bridgehead atoms. The van der Waals surface area contributed by atoms with E-state index in [-0.39, 0.29) is 25.8 Å². The van der Waals surface area contributed by atoms with E-state index in [4.69, 9.17) is 18.5 Å². The molecule has 0 aliphatic carbocycles. The van der Waals surface area contributed by atoms with Gasteiger partial charge in [-0.05, 0) is 57.8 Å². The number of quaternary nitrogens is 1. The summed E-state index contributed by atoms with van der Waals surface area (Å²) in [5.41, 5.74) is 0. The average Bonchev–Trinajstić information content (AvgIpc) is 3.30. The Labute approximate surface area is 421 Å². The summed E-state index contributed by atoms with van der Waals surface area (Å²) in [6, 6.07) is 0. The smallest absolute Gasteiger partial charge is 0.306 e. The summed E-state index contributed by atoms with van der Waals surface area (Å²) in [6.07, 6.45) is 66.9. The van der Waals surface area contributed by atoms with E-state index < -0.39 is 13.9 Å². The summed E-state index contributed by atoms with van der Waals surface area (Å²) in [7, 11) is 1.35. The first-order valence-corrected chi connectivity index (χ1v) is 30.0. The van der Waals surface area contributed by atoms with Crippen molar-refractivity contribution in [3.05, 3.63) is 60.8 Å². The third-order valence-corrected chi connectivity index (χ3v) is 13.3. The minimum atomic E-state index is -4.54. The first-order valence-electron chi connectivity index (χ1n) is 28.5. The number of phosphoric acid groups is 1. The van der Waals surface area contributed by atoms with Gasteiger partial charge >= 0.3 is 5.97 Å². The number of carbonyl (C=O) groups is 1. The van der Waals surface area contributed by atoms with Crippen molar-refractivity contribution in [3.63, 3.8) is 0 Å². The lowest BCUT2D eigenvalue weighted by Crippen LogP contribution is -2.37. The topological polar surface area (TPSA) is 94.1 Å². The van der Waals surface area contributed by atoms with Crippen molar-refractivity contribution >= 4 is 13.8 Å². The van der Waals surface area contributed by atoms with Crippen LogP contribution in [0.2, 0.25) is 0 Å². The Morgan fingerprint density at radius 2 is 0.853 bits per heavy atom. The van der Waals surface area contributed by atoms with Crippen molar-refractivity contribution in [1.29, 1.82) is 0 Å². The maximum atomic E-state index is 12.8. The van der Waals surface area contributed by atoms with E-state index in [9.17, 15) is 14.3 Å². The molecule has 0 fully saturated rings. The van der Waals surface area contributed by atoms with Gasteiger partial charge in [-0.2, -0.15) is 0 Å². The van der Waals surface area contributed by atoms with Crippen molar-refractivity contribution in [2.75, 3.05) is 54.1 Å². The second-order valence-electron chi connectivity index (χ2n) is 20.3. The highest BCUT2D eigenvalue weighted by molar-refractivity contribution is 7.45. The molecule has 2 atom stereocenters. The fourth-order valence-corrected chi connectivity index (χ4v) is 8.72. The van der Waals surface area contributed by atoms with Crippen molar-refractivity contribution in [2.45, 2.75) is 258 Å². The van der Waals surface area contributed by atoms with E-state index in [0.717, 1.165) is 83.5 Å². The van der Waals surface area contributed by atoms with Crippen LogP contribution in [-0.2, 0) is 27.9 Å². The van der Waals surface area contributed by atoms with E-state index in [1.54, 1.807) is 0 Å². The first kappa shape index (κ1) is 66.2. The second kappa shape index (κ2) is 51.6. The molecular weight excluding hydrogens is 866 g/mol. The molecule has 68 heavy (non-hydrogen) atoms. The number of carbonyl (C=O) groups excluding carboxylic acids is 1.